The molecule has 6 nitrogen and oxygen atoms in total. The Kier molecular flexibility index (Phi) is 4.18. The van der Waals surface area contributed by atoms with Gasteiger partial charge in [-0.2, -0.15) is 0 Å². The highest BCUT2D eigenvalue weighted by Gasteiger charge is 2.32. The van der Waals surface area contributed by atoms with E-state index in [1.165, 1.54) is 26.4 Å². The lowest BCUT2D eigenvalue weighted by Crippen LogP contribution is -2.19. The third kappa shape index (κ3) is 2.56. The van der Waals surface area contributed by atoms with Gasteiger partial charge < -0.3 is 29.9 Å². The molecule has 0 atom stereocenters. The lowest BCUT2D eigenvalue weighted by molar-refractivity contribution is 0.340. The fourth-order valence-electron chi connectivity index (χ4n) is 2.61. The van der Waals surface area contributed by atoms with Gasteiger partial charge in [-0.3, -0.25) is 0 Å². The van der Waals surface area contributed by atoms with Gasteiger partial charge in [0.25, 0.3) is 0 Å². The van der Waals surface area contributed by atoms with Crippen molar-refractivity contribution >= 4 is 0 Å². The molecule has 4 N–H and O–H groups in total. The number of hydrogen-bond donors (Lipinski definition) is 4. The van der Waals surface area contributed by atoms with E-state index in [0.717, 1.165) is 0 Å². The van der Waals surface area contributed by atoms with Crippen LogP contribution >= 0.6 is 0 Å². The Morgan fingerprint density at radius 2 is 1.00 bits per heavy atom. The minimum absolute atomic E-state index is 0.142. The van der Waals surface area contributed by atoms with Gasteiger partial charge in [0.2, 0.25) is 11.5 Å². The quantitative estimate of drug-likeness (QED) is 0.647. The summed E-state index contributed by atoms with van der Waals surface area (Å²) in [6, 6.07) is 6.22. The van der Waals surface area contributed by atoms with E-state index in [9.17, 15) is 20.4 Å². The van der Waals surface area contributed by atoms with Gasteiger partial charge in [0.05, 0.1) is 14.2 Å². The van der Waals surface area contributed by atoms with E-state index in [1.54, 1.807) is 26.0 Å². The van der Waals surface area contributed by atoms with Crippen LogP contribution in [0.3, 0.4) is 0 Å². The predicted octanol–water partition coefficient (Wildman–Crippen LogP) is 2.85. The highest BCUT2D eigenvalue weighted by atomic mass is 16.5. The molecule has 0 heterocycles. The molecule has 0 spiro atoms. The average Bonchev–Trinajstić information content (AvgIpc) is 2.52. The molecule has 0 aliphatic carbocycles. The van der Waals surface area contributed by atoms with Crippen molar-refractivity contribution in [2.24, 2.45) is 0 Å². The summed E-state index contributed by atoms with van der Waals surface area (Å²) >= 11 is 0. The highest BCUT2D eigenvalue weighted by molar-refractivity contribution is 5.62. The van der Waals surface area contributed by atoms with Crippen LogP contribution in [0.25, 0.3) is 0 Å². The van der Waals surface area contributed by atoms with Crippen molar-refractivity contribution in [3.05, 3.63) is 35.4 Å². The zero-order chi connectivity index (χ0) is 17.4. The van der Waals surface area contributed by atoms with Crippen LogP contribution in [0.15, 0.2) is 24.3 Å². The fraction of sp³-hybridized carbons (Fsp3) is 0.294. The van der Waals surface area contributed by atoms with E-state index in [4.69, 9.17) is 9.47 Å². The largest absolute Gasteiger partial charge is 0.504 e. The Hall–Kier alpha value is -2.76. The van der Waals surface area contributed by atoms with Gasteiger partial charge >= 0.3 is 0 Å². The second-order valence-corrected chi connectivity index (χ2v) is 5.65. The molecule has 23 heavy (non-hydrogen) atoms. The van der Waals surface area contributed by atoms with Gasteiger partial charge in [-0.05, 0) is 12.1 Å². The fourth-order valence-corrected chi connectivity index (χ4v) is 2.61. The maximum Gasteiger partial charge on any atom is 0.200 e. The first kappa shape index (κ1) is 16.6. The van der Waals surface area contributed by atoms with Crippen LogP contribution in [0, 0.1) is 0 Å². The molecule has 0 aliphatic heterocycles. The molecule has 0 unspecified atom stereocenters. The van der Waals surface area contributed by atoms with Crippen LogP contribution < -0.4 is 9.47 Å². The summed E-state index contributed by atoms with van der Waals surface area (Å²) in [7, 11) is 2.76. The van der Waals surface area contributed by atoms with E-state index in [-0.39, 0.29) is 34.5 Å². The van der Waals surface area contributed by atoms with Crippen molar-refractivity contribution in [1.29, 1.82) is 0 Å². The van der Waals surface area contributed by atoms with E-state index >= 15 is 0 Å². The summed E-state index contributed by atoms with van der Waals surface area (Å²) in [6.07, 6.45) is 0. The molecular formula is C17H20O6. The highest BCUT2D eigenvalue weighted by Crippen LogP contribution is 2.49. The van der Waals surface area contributed by atoms with Crippen LogP contribution in [0.1, 0.15) is 25.0 Å². The molecule has 0 radical (unpaired) electrons. The Labute approximate surface area is 134 Å². The van der Waals surface area contributed by atoms with E-state index in [1.807, 2.05) is 0 Å². The summed E-state index contributed by atoms with van der Waals surface area (Å²) in [5, 5.41) is 40.5. The first-order chi connectivity index (χ1) is 10.8. The van der Waals surface area contributed by atoms with Gasteiger partial charge in [-0.25, -0.2) is 0 Å². The standard InChI is InChI=1S/C17H20O6/c1-17(2,9-5-7-11(22-3)15(20)13(9)18)10-6-8-12(23-4)16(21)14(10)19/h5-8,18-21H,1-4H3. The maximum atomic E-state index is 10.3. The Bertz CT molecular complexity index is 675. The Balaban J connectivity index is 2.64. The zero-order valence-electron chi connectivity index (χ0n) is 13.4. The van der Waals surface area contributed by atoms with Gasteiger partial charge in [-0.15, -0.1) is 0 Å². The van der Waals surface area contributed by atoms with Crippen molar-refractivity contribution in [3.8, 4) is 34.5 Å². The van der Waals surface area contributed by atoms with Gasteiger partial charge in [-0.1, -0.05) is 26.0 Å². The number of benzene rings is 2. The van der Waals surface area contributed by atoms with E-state index < -0.39 is 5.41 Å². The van der Waals surface area contributed by atoms with Crippen LogP contribution in [0.2, 0.25) is 0 Å². The minimum atomic E-state index is -0.901. The molecule has 2 aromatic carbocycles. The molecule has 124 valence electrons. The van der Waals surface area contributed by atoms with E-state index in [2.05, 4.69) is 0 Å². The molecule has 2 rings (SSSR count). The topological polar surface area (TPSA) is 99.4 Å². The number of aromatic hydroxyl groups is 4. The monoisotopic (exact) mass is 320 g/mol. The summed E-state index contributed by atoms with van der Waals surface area (Å²) < 4.78 is 9.91. The molecule has 0 bridgehead atoms. The number of hydrogen-bond acceptors (Lipinski definition) is 6. The van der Waals surface area contributed by atoms with Crippen molar-refractivity contribution in [3.63, 3.8) is 0 Å². The molecule has 0 aromatic heterocycles. The molecule has 6 heteroatoms. The van der Waals surface area contributed by atoms with Gasteiger partial charge in [0.1, 0.15) is 0 Å². The van der Waals surface area contributed by atoms with Crippen LogP contribution in [-0.2, 0) is 5.41 Å². The molecule has 2 aromatic rings. The second-order valence-electron chi connectivity index (χ2n) is 5.65. The van der Waals surface area contributed by atoms with Crippen LogP contribution in [0.5, 0.6) is 34.5 Å². The normalized spacial score (nSPS) is 11.3. The van der Waals surface area contributed by atoms with E-state index in [0.29, 0.717) is 11.1 Å². The number of rotatable bonds is 4. The smallest absolute Gasteiger partial charge is 0.200 e. The zero-order valence-corrected chi connectivity index (χ0v) is 13.4. The third-order valence-electron chi connectivity index (χ3n) is 4.01. The summed E-state index contributed by atoms with van der Waals surface area (Å²) in [6.45, 7) is 3.49. The predicted molar refractivity (Wildman–Crippen MR) is 84.8 cm³/mol. The minimum Gasteiger partial charge on any atom is -0.504 e. The summed E-state index contributed by atoms with van der Waals surface area (Å²) in [5.74, 6) is -1.16. The first-order valence-corrected chi connectivity index (χ1v) is 6.94. The van der Waals surface area contributed by atoms with Crippen LogP contribution in [-0.4, -0.2) is 34.6 Å². The third-order valence-corrected chi connectivity index (χ3v) is 4.01. The molecule has 0 fully saturated rings. The maximum absolute atomic E-state index is 10.3. The molecule has 0 aliphatic rings. The Morgan fingerprint density at radius 1 is 0.652 bits per heavy atom. The number of phenols is 4. The molecular weight excluding hydrogens is 300 g/mol. The lowest BCUT2D eigenvalue weighted by Gasteiger charge is -2.28. The SMILES string of the molecule is COc1ccc(C(C)(C)c2ccc(OC)c(O)c2O)c(O)c1O. The van der Waals surface area contributed by atoms with Crippen molar-refractivity contribution in [2.45, 2.75) is 19.3 Å². The second kappa shape index (κ2) is 5.79. The molecule has 0 amide bonds. The Morgan fingerprint density at radius 3 is 1.30 bits per heavy atom. The molecule has 0 saturated carbocycles. The van der Waals surface area contributed by atoms with Gasteiger partial charge in [0, 0.05) is 16.5 Å². The van der Waals surface area contributed by atoms with Crippen molar-refractivity contribution < 1.29 is 29.9 Å². The van der Waals surface area contributed by atoms with Gasteiger partial charge in [0.15, 0.2) is 23.0 Å². The average molecular weight is 320 g/mol. The summed E-state index contributed by atoms with van der Waals surface area (Å²) in [5.41, 5.74) is -0.159. The van der Waals surface area contributed by atoms with Crippen molar-refractivity contribution in [2.75, 3.05) is 14.2 Å². The van der Waals surface area contributed by atoms with Crippen LogP contribution in [0.4, 0.5) is 0 Å². The first-order valence-electron chi connectivity index (χ1n) is 6.94. The number of phenolic OH excluding ortho intramolecular Hbond substituents is 4. The molecule has 0 saturated heterocycles. The lowest BCUT2D eigenvalue weighted by atomic mass is 9.77. The number of methoxy groups -OCH3 is 2. The van der Waals surface area contributed by atoms with Crippen molar-refractivity contribution in [1.82, 2.24) is 0 Å². The number of ether oxygens (including phenoxy) is 2. The summed E-state index contributed by atoms with van der Waals surface area (Å²) in [4.78, 5) is 0.